The smallest absolute Gasteiger partial charge is 0.253 e. The summed E-state index contributed by atoms with van der Waals surface area (Å²) in [4.78, 5) is 12.9. The predicted octanol–water partition coefficient (Wildman–Crippen LogP) is 6.72. The molecule has 4 heteroatoms. The molecule has 29 heavy (non-hydrogen) atoms. The van der Waals surface area contributed by atoms with Gasteiger partial charge in [0.1, 0.15) is 0 Å². The molecule has 1 aromatic heterocycles. The second-order valence-electron chi connectivity index (χ2n) is 7.53. The standard InChI is InChI=1S/C25H29ClN2O/c1-4-5-6-7-15-27-25(29)23-17-24(20-11-13-21(26)14-12-20)28(19(23)3)22-10-8-9-18(2)16-22/h8-14,16-17H,4-7,15H2,1-3H3,(H,27,29). The SMILES string of the molecule is CCCCCCNC(=O)c1cc(-c2ccc(Cl)cc2)n(-c2cccc(C)c2)c1C. The Morgan fingerprint density at radius 3 is 2.45 bits per heavy atom. The van der Waals surface area contributed by atoms with Crippen LogP contribution in [0.4, 0.5) is 0 Å². The summed E-state index contributed by atoms with van der Waals surface area (Å²) in [6.45, 7) is 6.99. The van der Waals surface area contributed by atoms with Crippen LogP contribution in [0.2, 0.25) is 5.02 Å². The molecule has 1 heterocycles. The van der Waals surface area contributed by atoms with Crippen LogP contribution in [0, 0.1) is 13.8 Å². The number of aryl methyl sites for hydroxylation is 1. The zero-order valence-electron chi connectivity index (χ0n) is 17.5. The minimum absolute atomic E-state index is 0.0133. The normalized spacial score (nSPS) is 10.9. The molecule has 152 valence electrons. The average Bonchev–Trinajstić information content (AvgIpc) is 3.05. The molecule has 0 unspecified atom stereocenters. The Kier molecular flexibility index (Phi) is 7.16. The van der Waals surface area contributed by atoms with E-state index in [1.54, 1.807) is 0 Å². The van der Waals surface area contributed by atoms with Crippen LogP contribution in [0.25, 0.3) is 16.9 Å². The van der Waals surface area contributed by atoms with Gasteiger partial charge in [-0.05, 0) is 61.7 Å². The quantitative estimate of drug-likeness (QED) is 0.412. The fourth-order valence-corrected chi connectivity index (χ4v) is 3.74. The summed E-state index contributed by atoms with van der Waals surface area (Å²) < 4.78 is 2.15. The third-order valence-corrected chi connectivity index (χ3v) is 5.46. The molecule has 0 fully saturated rings. The van der Waals surface area contributed by atoms with Crippen molar-refractivity contribution in [2.75, 3.05) is 6.54 Å². The summed E-state index contributed by atoms with van der Waals surface area (Å²) >= 11 is 6.09. The molecule has 1 amide bonds. The van der Waals surface area contributed by atoms with Crippen LogP contribution < -0.4 is 5.32 Å². The minimum Gasteiger partial charge on any atom is -0.352 e. The van der Waals surface area contributed by atoms with Crippen molar-refractivity contribution in [3.8, 4) is 16.9 Å². The maximum atomic E-state index is 12.9. The molecule has 3 nitrogen and oxygen atoms in total. The summed E-state index contributed by atoms with van der Waals surface area (Å²) in [5, 5.41) is 3.79. The molecule has 0 aliphatic rings. The van der Waals surface area contributed by atoms with Crippen molar-refractivity contribution in [2.45, 2.75) is 46.5 Å². The Hall–Kier alpha value is -2.52. The van der Waals surface area contributed by atoms with Crippen molar-refractivity contribution in [3.05, 3.63) is 76.4 Å². The van der Waals surface area contributed by atoms with Crippen molar-refractivity contribution in [3.63, 3.8) is 0 Å². The van der Waals surface area contributed by atoms with Crippen molar-refractivity contribution in [2.24, 2.45) is 0 Å². The summed E-state index contributed by atoms with van der Waals surface area (Å²) in [5.41, 5.74) is 5.90. The van der Waals surface area contributed by atoms with Crippen LogP contribution in [0.3, 0.4) is 0 Å². The molecule has 0 radical (unpaired) electrons. The Morgan fingerprint density at radius 1 is 1.00 bits per heavy atom. The van der Waals surface area contributed by atoms with Gasteiger partial charge in [0.05, 0.1) is 11.3 Å². The van der Waals surface area contributed by atoms with Crippen molar-refractivity contribution in [1.29, 1.82) is 0 Å². The van der Waals surface area contributed by atoms with Gasteiger partial charge in [0.2, 0.25) is 0 Å². The highest BCUT2D eigenvalue weighted by atomic mass is 35.5. The molecule has 0 atom stereocenters. The average molecular weight is 409 g/mol. The first kappa shape index (κ1) is 21.2. The van der Waals surface area contributed by atoms with Crippen molar-refractivity contribution in [1.82, 2.24) is 9.88 Å². The highest BCUT2D eigenvalue weighted by Gasteiger charge is 2.19. The molecular formula is C25H29ClN2O. The number of carbonyl (C=O) groups is 1. The molecule has 3 aromatic rings. The van der Waals surface area contributed by atoms with Crippen LogP contribution >= 0.6 is 11.6 Å². The summed E-state index contributed by atoms with van der Waals surface area (Å²) in [6, 6.07) is 18.1. The topological polar surface area (TPSA) is 34.0 Å². The molecule has 0 spiro atoms. The largest absolute Gasteiger partial charge is 0.352 e. The predicted molar refractivity (Wildman–Crippen MR) is 122 cm³/mol. The zero-order valence-corrected chi connectivity index (χ0v) is 18.2. The Morgan fingerprint density at radius 2 is 1.76 bits per heavy atom. The maximum absolute atomic E-state index is 12.9. The molecule has 0 aliphatic heterocycles. The van der Waals surface area contributed by atoms with Gasteiger partial charge in [0.25, 0.3) is 5.91 Å². The molecule has 0 saturated heterocycles. The lowest BCUT2D eigenvalue weighted by molar-refractivity contribution is 0.0952. The van der Waals surface area contributed by atoms with E-state index in [4.69, 9.17) is 11.6 Å². The number of hydrogen-bond acceptors (Lipinski definition) is 1. The second kappa shape index (κ2) is 9.80. The van der Waals surface area contributed by atoms with E-state index in [2.05, 4.69) is 41.9 Å². The van der Waals surface area contributed by atoms with E-state index in [0.29, 0.717) is 17.1 Å². The first-order valence-corrected chi connectivity index (χ1v) is 10.7. The van der Waals surface area contributed by atoms with Gasteiger partial charge in [-0.1, -0.05) is 62.1 Å². The molecule has 0 saturated carbocycles. The van der Waals surface area contributed by atoms with Gasteiger partial charge in [-0.15, -0.1) is 0 Å². The number of nitrogens with one attached hydrogen (secondary N) is 1. The first-order valence-electron chi connectivity index (χ1n) is 10.3. The second-order valence-corrected chi connectivity index (χ2v) is 7.96. The van der Waals surface area contributed by atoms with E-state index >= 15 is 0 Å². The third kappa shape index (κ3) is 5.10. The van der Waals surface area contributed by atoms with Gasteiger partial charge >= 0.3 is 0 Å². The number of carbonyl (C=O) groups excluding carboxylic acids is 1. The number of halogens is 1. The van der Waals surface area contributed by atoms with Crippen LogP contribution in [-0.4, -0.2) is 17.0 Å². The van der Waals surface area contributed by atoms with E-state index in [0.717, 1.165) is 35.5 Å². The van der Waals surface area contributed by atoms with E-state index in [9.17, 15) is 4.79 Å². The van der Waals surface area contributed by atoms with E-state index < -0.39 is 0 Å². The number of benzene rings is 2. The summed E-state index contributed by atoms with van der Waals surface area (Å²) in [6.07, 6.45) is 4.56. The molecule has 0 bridgehead atoms. The summed E-state index contributed by atoms with van der Waals surface area (Å²) in [7, 11) is 0. The zero-order chi connectivity index (χ0) is 20.8. The van der Waals surface area contributed by atoms with Crippen LogP contribution in [-0.2, 0) is 0 Å². The Balaban J connectivity index is 1.97. The number of unbranched alkanes of at least 4 members (excludes halogenated alkanes) is 3. The van der Waals surface area contributed by atoms with Gasteiger partial charge in [0, 0.05) is 22.9 Å². The molecule has 1 N–H and O–H groups in total. The number of hydrogen-bond donors (Lipinski definition) is 1. The van der Waals surface area contributed by atoms with Gasteiger partial charge in [-0.3, -0.25) is 4.79 Å². The highest BCUT2D eigenvalue weighted by Crippen LogP contribution is 2.30. The van der Waals surface area contributed by atoms with Crippen LogP contribution in [0.15, 0.2) is 54.6 Å². The van der Waals surface area contributed by atoms with Gasteiger partial charge in [-0.2, -0.15) is 0 Å². The van der Waals surface area contributed by atoms with Crippen molar-refractivity contribution < 1.29 is 4.79 Å². The lowest BCUT2D eigenvalue weighted by Crippen LogP contribution is -2.24. The van der Waals surface area contributed by atoms with Crippen LogP contribution in [0.1, 0.15) is 54.2 Å². The van der Waals surface area contributed by atoms with E-state index in [1.165, 1.54) is 18.4 Å². The lowest BCUT2D eigenvalue weighted by atomic mass is 10.1. The minimum atomic E-state index is -0.0133. The van der Waals surface area contributed by atoms with Gasteiger partial charge in [-0.25, -0.2) is 0 Å². The maximum Gasteiger partial charge on any atom is 0.253 e. The molecule has 0 aliphatic carbocycles. The fourth-order valence-electron chi connectivity index (χ4n) is 3.62. The fraction of sp³-hybridized carbons (Fsp3) is 0.320. The first-order chi connectivity index (χ1) is 14.0. The van der Waals surface area contributed by atoms with E-state index in [1.807, 2.05) is 43.3 Å². The van der Waals surface area contributed by atoms with Crippen molar-refractivity contribution >= 4 is 17.5 Å². The molecule has 2 aromatic carbocycles. The number of rotatable bonds is 8. The van der Waals surface area contributed by atoms with E-state index in [-0.39, 0.29) is 5.91 Å². The highest BCUT2D eigenvalue weighted by molar-refractivity contribution is 6.30. The van der Waals surface area contributed by atoms with Gasteiger partial charge < -0.3 is 9.88 Å². The third-order valence-electron chi connectivity index (χ3n) is 5.21. The number of amides is 1. The number of nitrogens with zero attached hydrogens (tertiary/aromatic N) is 1. The Labute approximate surface area is 178 Å². The monoisotopic (exact) mass is 408 g/mol. The summed E-state index contributed by atoms with van der Waals surface area (Å²) in [5.74, 6) is -0.0133. The lowest BCUT2D eigenvalue weighted by Gasteiger charge is -2.13. The Bertz CT molecular complexity index is 973. The van der Waals surface area contributed by atoms with Gasteiger partial charge in [0.15, 0.2) is 0 Å². The van der Waals surface area contributed by atoms with Crippen LogP contribution in [0.5, 0.6) is 0 Å². The molecule has 3 rings (SSSR count). The number of aromatic nitrogens is 1. The molecular weight excluding hydrogens is 380 g/mol.